The van der Waals surface area contributed by atoms with E-state index in [1.165, 1.54) is 25.6 Å². The number of hydrogen-bond donors (Lipinski definition) is 2. The van der Waals surface area contributed by atoms with Gasteiger partial charge in [-0.1, -0.05) is 43.0 Å². The van der Waals surface area contributed by atoms with Gasteiger partial charge in [-0.15, -0.1) is 0 Å². The standard InChI is InChI=1S/C27H32Cl2N2O6S4.H2O/c1-4-21(17-26-30(28,15-13-19(2)40(32,33)34)22-9-5-7-11-24(22)38-26)18-27-31(29,16-14-20(3)41(35,36)37)23-10-6-8-12-25(23)39-27;/h5-12,17-20,26H,4,13-16H2,1-3H3;1H2/p+2. The van der Waals surface area contributed by atoms with Crippen molar-refractivity contribution in [1.29, 1.82) is 0 Å². The summed E-state index contributed by atoms with van der Waals surface area (Å²) >= 11 is 17.7. The Labute approximate surface area is 266 Å². The van der Waals surface area contributed by atoms with E-state index in [1.54, 1.807) is 11.8 Å². The fourth-order valence-electron chi connectivity index (χ4n) is 4.75. The Morgan fingerprint density at radius 1 is 0.905 bits per heavy atom. The minimum absolute atomic E-state index is 0. The lowest BCUT2D eigenvalue weighted by Gasteiger charge is -2.30. The molecule has 0 aliphatic carbocycles. The first kappa shape index (κ1) is 35.4. The molecule has 42 heavy (non-hydrogen) atoms. The maximum absolute atomic E-state index is 11.7. The molecule has 2 aromatic rings. The van der Waals surface area contributed by atoms with E-state index >= 15 is 0 Å². The molecule has 0 saturated heterocycles. The van der Waals surface area contributed by atoms with Crippen LogP contribution in [0.5, 0.6) is 0 Å². The van der Waals surface area contributed by atoms with E-state index in [-0.39, 0.29) is 44.8 Å². The Hall–Kier alpha value is -1.10. The van der Waals surface area contributed by atoms with Gasteiger partial charge in [-0.05, 0) is 55.8 Å². The normalized spacial score (nSPS) is 26.4. The minimum Gasteiger partial charge on any atom is -0.412 e. The first-order valence-corrected chi connectivity index (χ1v) is 18.5. The third-order valence-electron chi connectivity index (χ3n) is 7.52. The zero-order valence-corrected chi connectivity index (χ0v) is 28.1. The van der Waals surface area contributed by atoms with Gasteiger partial charge in [-0.2, -0.15) is 24.8 Å². The lowest BCUT2D eigenvalue weighted by Crippen LogP contribution is -2.45. The second-order valence-corrected chi connectivity index (χ2v) is 17.4. The second-order valence-electron chi connectivity index (χ2n) is 10.3. The summed E-state index contributed by atoms with van der Waals surface area (Å²) in [6.07, 6.45) is 5.07. The average molecular weight is 700 g/mol. The summed E-state index contributed by atoms with van der Waals surface area (Å²) in [4.78, 5) is 1.96. The van der Waals surface area contributed by atoms with Crippen molar-refractivity contribution in [3.63, 3.8) is 0 Å². The first-order chi connectivity index (χ1) is 19.1. The molecule has 5 atom stereocenters. The molecule has 0 saturated carbocycles. The van der Waals surface area contributed by atoms with Gasteiger partial charge in [0.15, 0.2) is 45.3 Å². The summed E-state index contributed by atoms with van der Waals surface area (Å²) in [6, 6.07) is 15.5. The van der Waals surface area contributed by atoms with Gasteiger partial charge in [0.2, 0.25) is 0 Å². The van der Waals surface area contributed by atoms with Gasteiger partial charge in [-0.3, -0.25) is 9.11 Å². The summed E-state index contributed by atoms with van der Waals surface area (Å²) in [7, 11) is -8.39. The maximum Gasteiger partial charge on any atom is 0.267 e. The molecule has 0 aromatic heterocycles. The van der Waals surface area contributed by atoms with Crippen LogP contribution in [0.2, 0.25) is 0 Å². The largest absolute Gasteiger partial charge is 0.412 e. The predicted molar refractivity (Wildman–Crippen MR) is 175 cm³/mol. The molecule has 2 aromatic carbocycles. The van der Waals surface area contributed by atoms with Gasteiger partial charge < -0.3 is 5.48 Å². The molecule has 0 radical (unpaired) electrons. The van der Waals surface area contributed by atoms with Crippen molar-refractivity contribution in [3.05, 3.63) is 71.3 Å². The van der Waals surface area contributed by atoms with Gasteiger partial charge >= 0.3 is 0 Å². The van der Waals surface area contributed by atoms with Crippen LogP contribution < -0.4 is 8.00 Å². The monoisotopic (exact) mass is 698 g/mol. The third kappa shape index (κ3) is 7.40. The average Bonchev–Trinajstić information content (AvgIpc) is 3.35. The lowest BCUT2D eigenvalue weighted by atomic mass is 10.1. The highest BCUT2D eigenvalue weighted by Crippen LogP contribution is 2.54. The molecule has 0 amide bonds. The molecule has 4 rings (SSSR count). The van der Waals surface area contributed by atoms with Crippen LogP contribution in [-0.4, -0.2) is 60.4 Å². The molecular formula is C27H36Cl2N2O7S4+2. The van der Waals surface area contributed by atoms with Crippen LogP contribution in [0.3, 0.4) is 0 Å². The van der Waals surface area contributed by atoms with Crippen molar-refractivity contribution in [3.8, 4) is 0 Å². The minimum atomic E-state index is -4.20. The second kappa shape index (κ2) is 13.5. The number of nitrogens with zero attached hydrogens (tertiary/aromatic N) is 2. The summed E-state index contributed by atoms with van der Waals surface area (Å²) < 4.78 is 65.7. The van der Waals surface area contributed by atoms with Crippen molar-refractivity contribution >= 4 is 78.7 Å². The highest BCUT2D eigenvalue weighted by molar-refractivity contribution is 8.03. The quantitative estimate of drug-likeness (QED) is 0.199. The number of halogens is 2. The van der Waals surface area contributed by atoms with Crippen molar-refractivity contribution < 1.29 is 31.4 Å². The molecule has 2 aliphatic heterocycles. The Morgan fingerprint density at radius 2 is 1.43 bits per heavy atom. The number of thioether (sulfide) groups is 2. The number of rotatable bonds is 11. The van der Waals surface area contributed by atoms with Gasteiger partial charge in [0.25, 0.3) is 20.2 Å². The molecule has 0 spiro atoms. The summed E-state index contributed by atoms with van der Waals surface area (Å²) in [5.41, 5.74) is 2.67. The molecule has 0 bridgehead atoms. The molecular weight excluding hydrogens is 663 g/mol. The molecule has 15 heteroatoms. The highest BCUT2D eigenvalue weighted by Gasteiger charge is 2.48. The van der Waals surface area contributed by atoms with Crippen LogP contribution in [0.4, 0.5) is 11.4 Å². The molecule has 9 nitrogen and oxygen atoms in total. The summed E-state index contributed by atoms with van der Waals surface area (Å²) in [6.45, 7) is 5.49. The number of hydrogen-bond acceptors (Lipinski definition) is 6. The fraction of sp³-hybridized carbons (Fsp3) is 0.407. The Balaban J connectivity index is 0.00000484. The van der Waals surface area contributed by atoms with Crippen LogP contribution in [0, 0.1) is 0 Å². The van der Waals surface area contributed by atoms with Gasteiger partial charge in [-0.25, -0.2) is 0 Å². The SMILES string of the molecule is CCC(=CC1Sc2ccccc2[N+]1(Cl)CCC(C)S(=O)(=O)O)C=C1Sc2ccccc2[N+]1(Cl)CCC(C)S(=O)(=O)O.O. The van der Waals surface area contributed by atoms with E-state index in [2.05, 4.69) is 6.08 Å². The molecule has 232 valence electrons. The Kier molecular flexibility index (Phi) is 11.4. The number of allylic oxidation sites excluding steroid dienone is 2. The molecule has 4 N–H and O–H groups in total. The van der Waals surface area contributed by atoms with E-state index in [4.69, 9.17) is 23.6 Å². The first-order valence-electron chi connectivity index (χ1n) is 13.1. The van der Waals surface area contributed by atoms with Crippen LogP contribution in [0.25, 0.3) is 0 Å². The third-order valence-corrected chi connectivity index (χ3v) is 13.9. The molecule has 2 heterocycles. The van der Waals surface area contributed by atoms with E-state index in [0.29, 0.717) is 6.42 Å². The van der Waals surface area contributed by atoms with Crippen molar-refractivity contribution in [2.45, 2.75) is 65.7 Å². The molecule has 0 fully saturated rings. The number of para-hydroxylation sites is 2. The van der Waals surface area contributed by atoms with Crippen LogP contribution in [0.15, 0.2) is 81.1 Å². The zero-order chi connectivity index (χ0) is 30.2. The lowest BCUT2D eigenvalue weighted by molar-refractivity contribution is 0.428. The van der Waals surface area contributed by atoms with Gasteiger partial charge in [0, 0.05) is 31.1 Å². The van der Waals surface area contributed by atoms with Crippen LogP contribution in [-0.2, 0) is 20.2 Å². The van der Waals surface area contributed by atoms with E-state index < -0.39 is 30.7 Å². The summed E-state index contributed by atoms with van der Waals surface area (Å²) in [5.74, 6) is 0. The fourth-order valence-corrected chi connectivity index (χ4v) is 9.12. The van der Waals surface area contributed by atoms with Gasteiger partial charge in [0.05, 0.1) is 20.3 Å². The number of fused-ring (bicyclic) bond motifs is 2. The smallest absolute Gasteiger partial charge is 0.267 e. The summed E-state index contributed by atoms with van der Waals surface area (Å²) in [5, 5.41) is -1.40. The van der Waals surface area contributed by atoms with E-state index in [0.717, 1.165) is 31.8 Å². The maximum atomic E-state index is 11.7. The Morgan fingerprint density at radius 3 is 2.00 bits per heavy atom. The number of quaternary nitrogens is 2. The van der Waals surface area contributed by atoms with Gasteiger partial charge in [0.1, 0.15) is 13.1 Å². The van der Waals surface area contributed by atoms with Crippen LogP contribution in [0.1, 0.15) is 40.0 Å². The van der Waals surface area contributed by atoms with Crippen molar-refractivity contribution in [1.82, 2.24) is 8.00 Å². The van der Waals surface area contributed by atoms with Crippen molar-refractivity contribution in [2.24, 2.45) is 0 Å². The topological polar surface area (TPSA) is 140 Å². The highest BCUT2D eigenvalue weighted by atomic mass is 35.5. The zero-order valence-electron chi connectivity index (χ0n) is 23.4. The number of benzene rings is 2. The van der Waals surface area contributed by atoms with E-state index in [9.17, 15) is 25.9 Å². The van der Waals surface area contributed by atoms with E-state index in [1.807, 2.05) is 61.5 Å². The van der Waals surface area contributed by atoms with Crippen LogP contribution >= 0.6 is 47.1 Å². The predicted octanol–water partition coefficient (Wildman–Crippen LogP) is 6.53. The van der Waals surface area contributed by atoms with Crippen molar-refractivity contribution in [2.75, 3.05) is 13.1 Å². The Bertz CT molecular complexity index is 1590. The molecule has 5 unspecified atom stereocenters. The molecule has 2 aliphatic rings.